The lowest BCUT2D eigenvalue weighted by Crippen LogP contribution is -1.89. The smallest absolute Gasteiger partial charge is 0.291 e. The van der Waals surface area contributed by atoms with E-state index < -0.39 is 4.92 Å². The number of nitro groups is 1. The largest absolute Gasteiger partial charge is 0.499 e. The van der Waals surface area contributed by atoms with Crippen LogP contribution in [-0.2, 0) is 0 Å². The van der Waals surface area contributed by atoms with Crippen molar-refractivity contribution in [2.24, 2.45) is 0 Å². The van der Waals surface area contributed by atoms with Gasteiger partial charge in [0.05, 0.1) is 15.2 Å². The van der Waals surface area contributed by atoms with E-state index in [9.17, 15) is 15.2 Å². The van der Waals surface area contributed by atoms with Crippen LogP contribution < -0.4 is 0 Å². The van der Waals surface area contributed by atoms with Crippen LogP contribution in [-0.4, -0.2) is 10.0 Å². The fourth-order valence-corrected chi connectivity index (χ4v) is 2.34. The Kier molecular flexibility index (Phi) is 2.09. The zero-order valence-corrected chi connectivity index (χ0v) is 8.51. The molecule has 0 bridgehead atoms. The van der Waals surface area contributed by atoms with E-state index >= 15 is 0 Å². The number of aromatic hydroxyl groups is 1. The van der Waals surface area contributed by atoms with E-state index in [0.717, 1.165) is 11.3 Å². The van der Waals surface area contributed by atoms with Crippen LogP contribution in [0.2, 0.25) is 0 Å². The summed E-state index contributed by atoms with van der Waals surface area (Å²) in [5.41, 5.74) is -0.0533. The lowest BCUT2D eigenvalue weighted by Gasteiger charge is -1.96. The number of nitrogens with zero attached hydrogens (tertiary/aromatic N) is 1. The first kappa shape index (κ1) is 9.29. The Morgan fingerprint density at radius 1 is 1.50 bits per heavy atom. The van der Waals surface area contributed by atoms with E-state index in [4.69, 9.17) is 0 Å². The number of fused-ring (bicyclic) bond motifs is 1. The molecule has 0 atom stereocenters. The van der Waals surface area contributed by atoms with Gasteiger partial charge in [-0.3, -0.25) is 10.1 Å². The topological polar surface area (TPSA) is 63.4 Å². The highest BCUT2D eigenvalue weighted by Gasteiger charge is 2.18. The van der Waals surface area contributed by atoms with E-state index in [1.807, 2.05) is 0 Å². The van der Waals surface area contributed by atoms with Crippen molar-refractivity contribution in [3.8, 4) is 5.06 Å². The fourth-order valence-electron chi connectivity index (χ4n) is 1.26. The third-order valence-electron chi connectivity index (χ3n) is 1.82. The molecule has 0 aliphatic heterocycles. The maximum absolute atomic E-state index is 10.7. The van der Waals surface area contributed by atoms with Gasteiger partial charge in [-0.1, -0.05) is 11.3 Å². The van der Waals surface area contributed by atoms with Crippen LogP contribution in [0, 0.1) is 10.1 Å². The van der Waals surface area contributed by atoms with Crippen LogP contribution in [0.3, 0.4) is 0 Å². The molecule has 0 fully saturated rings. The third-order valence-corrected chi connectivity index (χ3v) is 3.08. The van der Waals surface area contributed by atoms with Gasteiger partial charge in [-0.15, -0.1) is 12.6 Å². The summed E-state index contributed by atoms with van der Waals surface area (Å²) in [6, 6.07) is 4.65. The molecule has 1 N–H and O–H groups in total. The summed E-state index contributed by atoms with van der Waals surface area (Å²) < 4.78 is 0.687. The molecule has 0 aliphatic carbocycles. The van der Waals surface area contributed by atoms with Crippen molar-refractivity contribution in [3.05, 3.63) is 28.3 Å². The molecule has 14 heavy (non-hydrogen) atoms. The quantitative estimate of drug-likeness (QED) is 0.447. The molecule has 6 heteroatoms. The van der Waals surface area contributed by atoms with Crippen molar-refractivity contribution in [2.45, 2.75) is 4.90 Å². The van der Waals surface area contributed by atoms with Crippen LogP contribution in [0.1, 0.15) is 0 Å². The fraction of sp³-hybridized carbons (Fsp3) is 0. The average molecular weight is 227 g/mol. The molecule has 0 amide bonds. The van der Waals surface area contributed by atoms with Gasteiger partial charge in [0.15, 0.2) is 5.06 Å². The molecule has 0 aliphatic rings. The summed E-state index contributed by atoms with van der Waals surface area (Å²) >= 11 is 5.11. The Morgan fingerprint density at radius 3 is 2.86 bits per heavy atom. The molecule has 0 unspecified atom stereocenters. The van der Waals surface area contributed by atoms with Crippen molar-refractivity contribution in [3.63, 3.8) is 0 Å². The highest BCUT2D eigenvalue weighted by atomic mass is 32.1. The summed E-state index contributed by atoms with van der Waals surface area (Å²) in [6.07, 6.45) is 0. The standard InChI is InChI=1S/C8H5NO3S2/c10-7-3-4-6(14-7)2-1-5(13)8(4)9(11)12/h1-3,10,13H. The van der Waals surface area contributed by atoms with Gasteiger partial charge in [0.2, 0.25) is 0 Å². The Bertz CT molecular complexity index is 521. The first-order valence-corrected chi connectivity index (χ1v) is 4.95. The van der Waals surface area contributed by atoms with E-state index in [1.165, 1.54) is 6.07 Å². The number of nitro benzene ring substituents is 1. The van der Waals surface area contributed by atoms with E-state index in [2.05, 4.69) is 12.6 Å². The van der Waals surface area contributed by atoms with Crippen LogP contribution >= 0.6 is 24.0 Å². The van der Waals surface area contributed by atoms with Gasteiger partial charge in [-0.25, -0.2) is 0 Å². The number of hydrogen-bond donors (Lipinski definition) is 2. The predicted octanol–water partition coefficient (Wildman–Crippen LogP) is 2.80. The number of thiophene rings is 1. The number of hydrogen-bond acceptors (Lipinski definition) is 5. The van der Waals surface area contributed by atoms with Crippen LogP contribution in [0.4, 0.5) is 5.69 Å². The molecular formula is C8H5NO3S2. The number of rotatable bonds is 1. The zero-order chi connectivity index (χ0) is 10.3. The third kappa shape index (κ3) is 1.32. The van der Waals surface area contributed by atoms with Crippen molar-refractivity contribution in [1.82, 2.24) is 0 Å². The van der Waals surface area contributed by atoms with Gasteiger partial charge >= 0.3 is 0 Å². The molecule has 0 radical (unpaired) electrons. The minimum absolute atomic E-state index is 0.0533. The molecular weight excluding hydrogens is 222 g/mol. The summed E-state index contributed by atoms with van der Waals surface area (Å²) in [7, 11) is 0. The molecule has 72 valence electrons. The van der Waals surface area contributed by atoms with Gasteiger partial charge in [0, 0.05) is 10.8 Å². The minimum Gasteiger partial charge on any atom is -0.499 e. The van der Waals surface area contributed by atoms with Crippen molar-refractivity contribution in [1.29, 1.82) is 0 Å². The second-order valence-corrected chi connectivity index (χ2v) is 4.23. The molecule has 1 aromatic carbocycles. The van der Waals surface area contributed by atoms with Crippen molar-refractivity contribution < 1.29 is 10.0 Å². The van der Waals surface area contributed by atoms with Gasteiger partial charge in [-0.05, 0) is 12.1 Å². The van der Waals surface area contributed by atoms with Crippen LogP contribution in [0.25, 0.3) is 10.1 Å². The highest BCUT2D eigenvalue weighted by Crippen LogP contribution is 2.39. The average Bonchev–Trinajstić information content (AvgIpc) is 2.43. The van der Waals surface area contributed by atoms with Crippen molar-refractivity contribution in [2.75, 3.05) is 0 Å². The second kappa shape index (κ2) is 3.14. The second-order valence-electron chi connectivity index (χ2n) is 2.69. The molecule has 1 aromatic heterocycles. The summed E-state index contributed by atoms with van der Waals surface area (Å²) in [5.74, 6) is 0. The monoisotopic (exact) mass is 227 g/mol. The SMILES string of the molecule is O=[N+]([O-])c1c(S)ccc2sc(O)cc12. The predicted molar refractivity (Wildman–Crippen MR) is 57.4 cm³/mol. The van der Waals surface area contributed by atoms with Crippen LogP contribution in [0.15, 0.2) is 23.1 Å². The van der Waals surface area contributed by atoms with E-state index in [-0.39, 0.29) is 10.8 Å². The molecule has 2 aromatic rings. The van der Waals surface area contributed by atoms with Crippen LogP contribution in [0.5, 0.6) is 5.06 Å². The number of thiol groups is 1. The Hall–Kier alpha value is -1.27. The maximum atomic E-state index is 10.7. The number of benzene rings is 1. The Morgan fingerprint density at radius 2 is 2.21 bits per heavy atom. The molecule has 4 nitrogen and oxygen atoms in total. The van der Waals surface area contributed by atoms with Gasteiger partial charge in [0.1, 0.15) is 0 Å². The highest BCUT2D eigenvalue weighted by molar-refractivity contribution is 7.80. The first-order valence-electron chi connectivity index (χ1n) is 3.68. The van der Waals surface area contributed by atoms with E-state index in [1.54, 1.807) is 12.1 Å². The maximum Gasteiger partial charge on any atom is 0.291 e. The van der Waals surface area contributed by atoms with Crippen molar-refractivity contribution >= 4 is 39.7 Å². The molecule has 2 rings (SSSR count). The zero-order valence-electron chi connectivity index (χ0n) is 6.80. The Labute approximate surface area is 88.4 Å². The molecule has 0 saturated heterocycles. The lowest BCUT2D eigenvalue weighted by molar-refractivity contribution is -0.385. The molecule has 0 saturated carbocycles. The molecule has 0 spiro atoms. The summed E-state index contributed by atoms with van der Waals surface area (Å²) in [5, 5.41) is 20.5. The van der Waals surface area contributed by atoms with E-state index in [0.29, 0.717) is 15.0 Å². The minimum atomic E-state index is -0.489. The van der Waals surface area contributed by atoms with Gasteiger partial charge < -0.3 is 5.11 Å². The van der Waals surface area contributed by atoms with Gasteiger partial charge in [-0.2, -0.15) is 0 Å². The first-order chi connectivity index (χ1) is 6.59. The normalized spacial score (nSPS) is 10.6. The summed E-state index contributed by atoms with van der Waals surface area (Å²) in [4.78, 5) is 10.5. The van der Waals surface area contributed by atoms with Gasteiger partial charge in [0.25, 0.3) is 5.69 Å². The molecule has 1 heterocycles. The lowest BCUT2D eigenvalue weighted by atomic mass is 10.2. The summed E-state index contributed by atoms with van der Waals surface area (Å²) in [6.45, 7) is 0. The Balaban J connectivity index is 2.88.